The molecule has 0 unspecified atom stereocenters. The molecule has 1 aliphatic carbocycles. The minimum atomic E-state index is 1.10. The molecule has 0 heterocycles. The normalized spacial score (nSPS) is 13.0. The van der Waals surface area contributed by atoms with Crippen molar-refractivity contribution < 1.29 is 0 Å². The first-order valence-electron chi connectivity index (χ1n) is 7.06. The van der Waals surface area contributed by atoms with Gasteiger partial charge in [-0.2, -0.15) is 0 Å². The van der Waals surface area contributed by atoms with Crippen molar-refractivity contribution in [3.63, 3.8) is 0 Å². The fourth-order valence-electron chi connectivity index (χ4n) is 2.86. The topological polar surface area (TPSA) is 26.0 Å². The van der Waals surface area contributed by atoms with Crippen molar-refractivity contribution in [3.05, 3.63) is 27.8 Å². The monoisotopic (exact) mass is 233 g/mol. The fraction of sp³-hybridized carbons (Fsp3) is 0.625. The molecule has 96 valence electrons. The zero-order chi connectivity index (χ0) is 13.0. The van der Waals surface area contributed by atoms with Crippen molar-refractivity contribution in [2.45, 2.75) is 66.7 Å². The Morgan fingerprint density at radius 1 is 1.00 bits per heavy atom. The Hall–Kier alpha value is -0.980. The quantitative estimate of drug-likeness (QED) is 0.755. The Labute approximate surface area is 106 Å². The summed E-state index contributed by atoms with van der Waals surface area (Å²) in [7, 11) is 0. The summed E-state index contributed by atoms with van der Waals surface area (Å²) in [5.74, 6) is 0. The van der Waals surface area contributed by atoms with E-state index in [2.05, 4.69) is 20.8 Å². The molecular formula is C16H27N. The van der Waals surface area contributed by atoms with E-state index in [0.717, 1.165) is 12.1 Å². The first kappa shape index (κ1) is 14.1. The average Bonchev–Trinajstić information content (AvgIpc) is 2.84. The first-order chi connectivity index (χ1) is 8.16. The van der Waals surface area contributed by atoms with E-state index >= 15 is 0 Å². The number of benzene rings is 1. The van der Waals surface area contributed by atoms with Crippen LogP contribution in [0.25, 0.3) is 0 Å². The first-order valence-corrected chi connectivity index (χ1v) is 7.06. The molecule has 0 atom stereocenters. The molecular weight excluding hydrogens is 206 g/mol. The van der Waals surface area contributed by atoms with Gasteiger partial charge in [0, 0.05) is 5.69 Å². The molecule has 17 heavy (non-hydrogen) atoms. The second-order valence-corrected chi connectivity index (χ2v) is 4.70. The number of hydrogen-bond acceptors (Lipinski definition) is 1. The van der Waals surface area contributed by atoms with Gasteiger partial charge in [-0.05, 0) is 67.3 Å². The summed E-state index contributed by atoms with van der Waals surface area (Å²) in [4.78, 5) is 0. The molecule has 0 aromatic heterocycles. The molecule has 0 radical (unpaired) electrons. The van der Waals surface area contributed by atoms with Crippen LogP contribution in [0.1, 0.15) is 61.4 Å². The second kappa shape index (κ2) is 6.09. The Bertz CT molecular complexity index is 391. The maximum absolute atomic E-state index is 6.29. The predicted octanol–water partition coefficient (Wildman–Crippen LogP) is 4.35. The highest BCUT2D eigenvalue weighted by molar-refractivity contribution is 5.64. The summed E-state index contributed by atoms with van der Waals surface area (Å²) in [5, 5.41) is 0. The summed E-state index contributed by atoms with van der Waals surface area (Å²) in [6.45, 7) is 10.7. The molecule has 1 aromatic carbocycles. The number of fused-ring (bicyclic) bond motifs is 1. The van der Waals surface area contributed by atoms with Crippen LogP contribution in [0.2, 0.25) is 0 Å². The van der Waals surface area contributed by atoms with Crippen LogP contribution in [0, 0.1) is 13.8 Å². The van der Waals surface area contributed by atoms with Crippen LogP contribution in [-0.4, -0.2) is 0 Å². The van der Waals surface area contributed by atoms with Gasteiger partial charge in [0.15, 0.2) is 0 Å². The molecule has 1 heteroatoms. The molecule has 1 aromatic rings. The third-order valence-electron chi connectivity index (χ3n) is 3.84. The van der Waals surface area contributed by atoms with Gasteiger partial charge in [0.25, 0.3) is 0 Å². The summed E-state index contributed by atoms with van der Waals surface area (Å²) >= 11 is 0. The van der Waals surface area contributed by atoms with E-state index in [-0.39, 0.29) is 0 Å². The lowest BCUT2D eigenvalue weighted by molar-refractivity contribution is 0.907. The molecule has 2 rings (SSSR count). The molecule has 0 bridgehead atoms. The van der Waals surface area contributed by atoms with Crippen molar-refractivity contribution in [1.82, 2.24) is 0 Å². The van der Waals surface area contributed by atoms with Crippen molar-refractivity contribution >= 4 is 5.69 Å². The van der Waals surface area contributed by atoms with E-state index < -0.39 is 0 Å². The number of hydrogen-bond donors (Lipinski definition) is 1. The lowest BCUT2D eigenvalue weighted by Crippen LogP contribution is -2.05. The third-order valence-corrected chi connectivity index (χ3v) is 3.84. The van der Waals surface area contributed by atoms with E-state index in [0.29, 0.717) is 0 Å². The van der Waals surface area contributed by atoms with Crippen molar-refractivity contribution in [2.75, 3.05) is 5.73 Å². The second-order valence-electron chi connectivity index (χ2n) is 4.70. The molecule has 1 nitrogen and oxygen atoms in total. The van der Waals surface area contributed by atoms with Gasteiger partial charge < -0.3 is 5.73 Å². The Kier molecular flexibility index (Phi) is 5.04. The van der Waals surface area contributed by atoms with Crippen molar-refractivity contribution in [3.8, 4) is 0 Å². The summed E-state index contributed by atoms with van der Waals surface area (Å²) in [6, 6.07) is 0. The lowest BCUT2D eigenvalue weighted by Gasteiger charge is -2.17. The van der Waals surface area contributed by atoms with E-state index in [1.54, 1.807) is 5.56 Å². The minimum absolute atomic E-state index is 1.10. The molecule has 0 saturated carbocycles. The van der Waals surface area contributed by atoms with Crippen LogP contribution in [-0.2, 0) is 19.3 Å². The largest absolute Gasteiger partial charge is 0.398 e. The van der Waals surface area contributed by atoms with Crippen LogP contribution in [0.3, 0.4) is 0 Å². The van der Waals surface area contributed by atoms with Crippen LogP contribution in [0.4, 0.5) is 5.69 Å². The van der Waals surface area contributed by atoms with Crippen molar-refractivity contribution in [1.29, 1.82) is 0 Å². The molecule has 2 N–H and O–H groups in total. The SMILES string of the molecule is CC.CCCc1c(C)c(C)c2c(c1N)CCC2. The van der Waals surface area contributed by atoms with Crippen molar-refractivity contribution in [2.24, 2.45) is 0 Å². The number of nitrogens with two attached hydrogens (primary N) is 1. The van der Waals surface area contributed by atoms with Gasteiger partial charge >= 0.3 is 0 Å². The van der Waals surface area contributed by atoms with Crippen LogP contribution in [0.5, 0.6) is 0 Å². The smallest absolute Gasteiger partial charge is 0.0384 e. The number of nitrogen functional groups attached to an aromatic ring is 1. The number of rotatable bonds is 2. The van der Waals surface area contributed by atoms with Gasteiger partial charge in [-0.1, -0.05) is 27.2 Å². The summed E-state index contributed by atoms with van der Waals surface area (Å²) in [5.41, 5.74) is 14.8. The zero-order valence-electron chi connectivity index (χ0n) is 12.1. The molecule has 0 fully saturated rings. The Balaban J connectivity index is 0.000000686. The van der Waals surface area contributed by atoms with Gasteiger partial charge in [-0.3, -0.25) is 0 Å². The summed E-state index contributed by atoms with van der Waals surface area (Å²) in [6.07, 6.45) is 6.03. The third kappa shape index (κ3) is 2.48. The number of anilines is 1. The zero-order valence-corrected chi connectivity index (χ0v) is 12.1. The highest BCUT2D eigenvalue weighted by Gasteiger charge is 2.20. The van der Waals surface area contributed by atoms with Gasteiger partial charge in [0.05, 0.1) is 0 Å². The molecule has 0 saturated heterocycles. The highest BCUT2D eigenvalue weighted by atomic mass is 14.6. The van der Waals surface area contributed by atoms with Crippen LogP contribution in [0.15, 0.2) is 0 Å². The molecule has 0 aliphatic heterocycles. The standard InChI is InChI=1S/C14H21N.C2H6/c1-4-6-12-10(3)9(2)11-7-5-8-13(11)14(12)15;1-2/h4-8,15H2,1-3H3;1-2H3. The van der Waals surface area contributed by atoms with E-state index in [4.69, 9.17) is 5.73 Å². The minimum Gasteiger partial charge on any atom is -0.398 e. The van der Waals surface area contributed by atoms with Gasteiger partial charge in [-0.15, -0.1) is 0 Å². The Morgan fingerprint density at radius 2 is 1.59 bits per heavy atom. The van der Waals surface area contributed by atoms with Crippen LogP contribution < -0.4 is 5.73 Å². The van der Waals surface area contributed by atoms with E-state index in [1.165, 1.54) is 47.9 Å². The van der Waals surface area contributed by atoms with Gasteiger partial charge in [0.1, 0.15) is 0 Å². The predicted molar refractivity (Wildman–Crippen MR) is 77.7 cm³/mol. The molecule has 1 aliphatic rings. The molecule has 0 spiro atoms. The van der Waals surface area contributed by atoms with Crippen LogP contribution >= 0.6 is 0 Å². The maximum atomic E-state index is 6.29. The fourth-order valence-corrected chi connectivity index (χ4v) is 2.86. The molecule has 0 amide bonds. The Morgan fingerprint density at radius 3 is 2.18 bits per heavy atom. The lowest BCUT2D eigenvalue weighted by atomic mass is 9.90. The maximum Gasteiger partial charge on any atom is 0.0384 e. The summed E-state index contributed by atoms with van der Waals surface area (Å²) < 4.78 is 0. The van der Waals surface area contributed by atoms with E-state index in [1.807, 2.05) is 13.8 Å². The van der Waals surface area contributed by atoms with Gasteiger partial charge in [-0.25, -0.2) is 0 Å². The van der Waals surface area contributed by atoms with E-state index in [9.17, 15) is 0 Å². The highest BCUT2D eigenvalue weighted by Crippen LogP contribution is 2.35. The van der Waals surface area contributed by atoms with Gasteiger partial charge in [0.2, 0.25) is 0 Å². The average molecular weight is 233 g/mol.